The minimum Gasteiger partial charge on any atom is -0.544 e. The van der Waals surface area contributed by atoms with Gasteiger partial charge in [0.1, 0.15) is 12.6 Å². The highest BCUT2D eigenvalue weighted by Gasteiger charge is 2.25. The van der Waals surface area contributed by atoms with Crippen molar-refractivity contribution in [3.63, 3.8) is 0 Å². The molecule has 0 amide bonds. The van der Waals surface area contributed by atoms with Crippen LogP contribution >= 0.6 is 0 Å². The molecule has 0 rings (SSSR count). The molecule has 0 aliphatic carbocycles. The molecule has 63 heavy (non-hydrogen) atoms. The Kier molecular flexibility index (Phi) is 42.2. The van der Waals surface area contributed by atoms with Crippen molar-refractivity contribution < 1.29 is 38.2 Å². The van der Waals surface area contributed by atoms with Gasteiger partial charge in [0.2, 0.25) is 0 Å². The number of allylic oxidation sites excluding steroid dienone is 16. The molecule has 0 aliphatic heterocycles. The van der Waals surface area contributed by atoms with E-state index in [0.717, 1.165) is 89.9 Å². The van der Waals surface area contributed by atoms with Crippen molar-refractivity contribution in [2.24, 2.45) is 0 Å². The number of unbranched alkanes of at least 4 members (excludes halogenated alkanes) is 13. The Morgan fingerprint density at radius 3 is 1.37 bits per heavy atom. The van der Waals surface area contributed by atoms with E-state index in [1.807, 2.05) is 0 Å². The molecule has 358 valence electrons. The van der Waals surface area contributed by atoms with Crippen LogP contribution in [0, 0.1) is 0 Å². The molecule has 8 heteroatoms. The molecule has 0 saturated carbocycles. The minimum absolute atomic E-state index is 0.0129. The number of carbonyl (C=O) groups excluding carboxylic acids is 3. The third kappa shape index (κ3) is 43.3. The minimum atomic E-state index is -1.14. The van der Waals surface area contributed by atoms with Crippen LogP contribution in [0.5, 0.6) is 0 Å². The van der Waals surface area contributed by atoms with Gasteiger partial charge in [0.15, 0.2) is 6.10 Å². The van der Waals surface area contributed by atoms with Gasteiger partial charge in [0, 0.05) is 19.3 Å². The standard InChI is InChI=1S/C55H91NO7/c1-6-8-10-12-14-16-18-20-22-24-25-26-27-28-30-32-34-36-38-40-42-44-46-54(58)63-51(49-61-48-47-52(55(59)60)56(3,4)5)50-62-53(57)45-43-41-39-37-35-33-31-29-23-21-19-17-15-13-11-9-7-2/h8,10,14,16,20-23,25-26,28,30-31,33,37,39,51-52H,6-7,9,11-13,15,17-19,24,27,29,32,34-36,38,40-50H2,1-5H3/b10-8+,16-14+,22-20+,23-21+,26-25+,30-28+,33-31+,39-37+. The van der Waals surface area contributed by atoms with Crippen LogP contribution in [-0.2, 0) is 28.6 Å². The zero-order valence-corrected chi connectivity index (χ0v) is 40.7. The Labute approximate surface area is 386 Å². The van der Waals surface area contributed by atoms with E-state index in [1.54, 1.807) is 21.1 Å². The number of hydrogen-bond donors (Lipinski definition) is 0. The number of nitrogens with zero attached hydrogens (tertiary/aromatic N) is 1. The molecule has 0 aliphatic rings. The first-order valence-corrected chi connectivity index (χ1v) is 24.8. The first kappa shape index (κ1) is 59.2. The second-order valence-electron chi connectivity index (χ2n) is 17.3. The maximum Gasteiger partial charge on any atom is 0.306 e. The predicted molar refractivity (Wildman–Crippen MR) is 263 cm³/mol. The number of carboxylic acid groups (broad SMARTS) is 1. The van der Waals surface area contributed by atoms with Gasteiger partial charge in [-0.15, -0.1) is 0 Å². The largest absolute Gasteiger partial charge is 0.544 e. The molecule has 0 N–H and O–H groups in total. The number of carbonyl (C=O) groups is 3. The van der Waals surface area contributed by atoms with Gasteiger partial charge in [-0.2, -0.15) is 0 Å². The van der Waals surface area contributed by atoms with E-state index in [-0.39, 0.29) is 55.5 Å². The van der Waals surface area contributed by atoms with Crippen molar-refractivity contribution in [3.8, 4) is 0 Å². The molecule has 0 saturated heterocycles. The summed E-state index contributed by atoms with van der Waals surface area (Å²) in [4.78, 5) is 37.0. The van der Waals surface area contributed by atoms with Gasteiger partial charge in [-0.1, -0.05) is 169 Å². The maximum absolute atomic E-state index is 12.8. The number of quaternary nitrogens is 1. The van der Waals surface area contributed by atoms with E-state index in [2.05, 4.69) is 111 Å². The summed E-state index contributed by atoms with van der Waals surface area (Å²) < 4.78 is 17.1. The van der Waals surface area contributed by atoms with E-state index in [9.17, 15) is 19.5 Å². The van der Waals surface area contributed by atoms with E-state index in [1.165, 1.54) is 51.4 Å². The molecule has 2 unspecified atom stereocenters. The SMILES string of the molecule is CC/C=C/C/C=C/C/C=C/C/C=C/C/C=C/CCCCCCCCC(=O)OC(COCCC(C(=O)[O-])[N+](C)(C)C)COC(=O)CCC/C=C/C/C=C/C/C=C/CCCCCCCC. The van der Waals surface area contributed by atoms with Crippen LogP contribution in [0.15, 0.2) is 97.2 Å². The fourth-order valence-electron chi connectivity index (χ4n) is 6.64. The number of rotatable bonds is 43. The van der Waals surface area contributed by atoms with Crippen LogP contribution in [0.1, 0.15) is 181 Å². The summed E-state index contributed by atoms with van der Waals surface area (Å²) >= 11 is 0. The molecule has 0 spiro atoms. The quantitative estimate of drug-likeness (QED) is 0.0260. The Balaban J connectivity index is 4.40. The molecular formula is C55H91NO7. The Morgan fingerprint density at radius 1 is 0.492 bits per heavy atom. The topological polar surface area (TPSA) is 102 Å². The van der Waals surface area contributed by atoms with Gasteiger partial charge < -0.3 is 28.6 Å². The molecular weight excluding hydrogens is 787 g/mol. The molecule has 0 heterocycles. The van der Waals surface area contributed by atoms with Crippen LogP contribution in [0.4, 0.5) is 0 Å². The van der Waals surface area contributed by atoms with E-state index < -0.39 is 18.1 Å². The summed E-state index contributed by atoms with van der Waals surface area (Å²) in [5.41, 5.74) is 0. The number of ether oxygens (including phenoxy) is 3. The van der Waals surface area contributed by atoms with Crippen molar-refractivity contribution in [2.75, 3.05) is 41.0 Å². The lowest BCUT2D eigenvalue weighted by Gasteiger charge is -2.34. The number of hydrogen-bond acceptors (Lipinski definition) is 7. The summed E-state index contributed by atoms with van der Waals surface area (Å²) in [6, 6.07) is -0.742. The average Bonchev–Trinajstić information content (AvgIpc) is 3.24. The molecule has 0 aromatic carbocycles. The van der Waals surface area contributed by atoms with Crippen LogP contribution in [-0.4, -0.2) is 75.5 Å². The van der Waals surface area contributed by atoms with Gasteiger partial charge in [-0.05, 0) is 89.9 Å². The highest BCUT2D eigenvalue weighted by molar-refractivity contribution is 5.70. The van der Waals surface area contributed by atoms with E-state index in [4.69, 9.17) is 14.2 Å². The molecule has 2 atom stereocenters. The van der Waals surface area contributed by atoms with Gasteiger partial charge in [-0.25, -0.2) is 0 Å². The van der Waals surface area contributed by atoms with Crippen LogP contribution < -0.4 is 5.11 Å². The number of esters is 2. The summed E-state index contributed by atoms with van der Waals surface area (Å²) in [6.45, 7) is 4.46. The molecule has 0 radical (unpaired) electrons. The van der Waals surface area contributed by atoms with Gasteiger partial charge >= 0.3 is 11.9 Å². The lowest BCUT2D eigenvalue weighted by atomic mass is 10.1. The molecule has 0 aromatic heterocycles. The lowest BCUT2D eigenvalue weighted by molar-refractivity contribution is -0.889. The fourth-order valence-corrected chi connectivity index (χ4v) is 6.64. The van der Waals surface area contributed by atoms with Crippen molar-refractivity contribution >= 4 is 17.9 Å². The molecule has 0 bridgehead atoms. The monoisotopic (exact) mass is 878 g/mol. The van der Waals surface area contributed by atoms with Crippen LogP contribution in [0.3, 0.4) is 0 Å². The second-order valence-corrected chi connectivity index (χ2v) is 17.3. The summed E-state index contributed by atoms with van der Waals surface area (Å²) in [5, 5.41) is 11.7. The second kappa shape index (κ2) is 44.8. The van der Waals surface area contributed by atoms with Gasteiger partial charge in [0.25, 0.3) is 0 Å². The maximum atomic E-state index is 12.8. The fraction of sp³-hybridized carbons (Fsp3) is 0.655. The first-order chi connectivity index (χ1) is 30.6. The highest BCUT2D eigenvalue weighted by atomic mass is 16.6. The first-order valence-electron chi connectivity index (χ1n) is 24.8. The Morgan fingerprint density at radius 2 is 0.905 bits per heavy atom. The Hall–Kier alpha value is -3.75. The van der Waals surface area contributed by atoms with E-state index in [0.29, 0.717) is 6.42 Å². The molecule has 0 aromatic rings. The molecule has 8 nitrogen and oxygen atoms in total. The van der Waals surface area contributed by atoms with E-state index >= 15 is 0 Å². The number of carboxylic acids is 1. The molecule has 0 fully saturated rings. The smallest absolute Gasteiger partial charge is 0.306 e. The van der Waals surface area contributed by atoms with Gasteiger partial charge in [-0.3, -0.25) is 9.59 Å². The predicted octanol–water partition coefficient (Wildman–Crippen LogP) is 12.9. The lowest BCUT2D eigenvalue weighted by Crippen LogP contribution is -2.55. The van der Waals surface area contributed by atoms with Crippen molar-refractivity contribution in [1.29, 1.82) is 0 Å². The average molecular weight is 878 g/mol. The van der Waals surface area contributed by atoms with Gasteiger partial charge in [0.05, 0.1) is 40.3 Å². The zero-order chi connectivity index (χ0) is 46.3. The zero-order valence-electron chi connectivity index (χ0n) is 40.7. The van der Waals surface area contributed by atoms with Crippen LogP contribution in [0.25, 0.3) is 0 Å². The third-order valence-electron chi connectivity index (χ3n) is 10.5. The summed E-state index contributed by atoms with van der Waals surface area (Å²) in [6.07, 6.45) is 60.1. The Bertz CT molecular complexity index is 1350. The third-order valence-corrected chi connectivity index (χ3v) is 10.5. The summed E-state index contributed by atoms with van der Waals surface area (Å²) in [7, 11) is 5.38. The number of likely N-dealkylation sites (N-methyl/N-ethyl adjacent to an activating group) is 1. The highest BCUT2D eigenvalue weighted by Crippen LogP contribution is 2.13. The van der Waals surface area contributed by atoms with Crippen molar-refractivity contribution in [1.82, 2.24) is 0 Å². The van der Waals surface area contributed by atoms with Crippen molar-refractivity contribution in [3.05, 3.63) is 97.2 Å². The summed E-state index contributed by atoms with van der Waals surface area (Å²) in [5.74, 6) is -1.83. The normalized spacial score (nSPS) is 13.7. The number of aliphatic carboxylic acids is 1. The van der Waals surface area contributed by atoms with Crippen LogP contribution in [0.2, 0.25) is 0 Å². The van der Waals surface area contributed by atoms with Crippen molar-refractivity contribution in [2.45, 2.75) is 193 Å².